The predicted octanol–water partition coefficient (Wildman–Crippen LogP) is 21.2. The zero-order valence-corrected chi connectivity index (χ0v) is 47.8. The molecule has 0 bridgehead atoms. The van der Waals surface area contributed by atoms with E-state index in [9.17, 15) is 14.4 Å². The van der Waals surface area contributed by atoms with Crippen LogP contribution < -0.4 is 0 Å². The van der Waals surface area contributed by atoms with Crippen LogP contribution in [0.5, 0.6) is 0 Å². The number of allylic oxidation sites excluding steroid dienone is 6. The summed E-state index contributed by atoms with van der Waals surface area (Å²) in [5.41, 5.74) is 0. The highest BCUT2D eigenvalue weighted by Crippen LogP contribution is 2.17. The maximum atomic E-state index is 12.9. The number of ether oxygens (including phenoxy) is 3. The zero-order chi connectivity index (χ0) is 51.4. The van der Waals surface area contributed by atoms with Crippen molar-refractivity contribution in [3.8, 4) is 0 Å². The van der Waals surface area contributed by atoms with E-state index in [-0.39, 0.29) is 31.1 Å². The van der Waals surface area contributed by atoms with Crippen molar-refractivity contribution in [1.29, 1.82) is 0 Å². The van der Waals surface area contributed by atoms with Crippen LogP contribution >= 0.6 is 0 Å². The van der Waals surface area contributed by atoms with Gasteiger partial charge in [0.05, 0.1) is 0 Å². The molecule has 0 aromatic rings. The Balaban J connectivity index is 4.33. The largest absolute Gasteiger partial charge is 0.462 e. The number of hydrogen-bond donors (Lipinski definition) is 0. The van der Waals surface area contributed by atoms with Crippen LogP contribution in [0, 0.1) is 0 Å². The van der Waals surface area contributed by atoms with Crippen molar-refractivity contribution in [1.82, 2.24) is 0 Å². The lowest BCUT2D eigenvalue weighted by Crippen LogP contribution is -2.30. The molecule has 0 aliphatic heterocycles. The van der Waals surface area contributed by atoms with Gasteiger partial charge in [-0.2, -0.15) is 0 Å². The predicted molar refractivity (Wildman–Crippen MR) is 307 cm³/mol. The number of unbranched alkanes of at least 4 members (excludes halogenated alkanes) is 41. The van der Waals surface area contributed by atoms with Crippen molar-refractivity contribution >= 4 is 17.9 Å². The third-order valence-corrected chi connectivity index (χ3v) is 14.1. The fraction of sp³-hybridized carbons (Fsp3) is 0.862. The van der Waals surface area contributed by atoms with Crippen LogP contribution in [-0.2, 0) is 28.6 Å². The second-order valence-electron chi connectivity index (χ2n) is 21.3. The van der Waals surface area contributed by atoms with Gasteiger partial charge in [0, 0.05) is 19.3 Å². The first-order valence-electron chi connectivity index (χ1n) is 31.5. The summed E-state index contributed by atoms with van der Waals surface area (Å²) in [4.78, 5) is 38.3. The molecule has 0 fully saturated rings. The molecule has 0 amide bonds. The summed E-state index contributed by atoms with van der Waals surface area (Å²) in [6.45, 7) is 6.65. The number of esters is 3. The quantitative estimate of drug-likeness (QED) is 0.0261. The van der Waals surface area contributed by atoms with Gasteiger partial charge in [-0.3, -0.25) is 14.4 Å². The molecule has 0 aromatic carbocycles. The first-order valence-corrected chi connectivity index (χ1v) is 31.5. The molecule has 1 atom stereocenters. The Hall–Kier alpha value is -2.37. The molecular weight excluding hydrogens is 877 g/mol. The summed E-state index contributed by atoms with van der Waals surface area (Å²) < 4.78 is 16.9. The summed E-state index contributed by atoms with van der Waals surface area (Å²) >= 11 is 0. The molecule has 0 aromatic heterocycles. The molecule has 6 nitrogen and oxygen atoms in total. The van der Waals surface area contributed by atoms with Gasteiger partial charge in [-0.15, -0.1) is 0 Å². The third kappa shape index (κ3) is 58.4. The van der Waals surface area contributed by atoms with Gasteiger partial charge in [0.25, 0.3) is 0 Å². The van der Waals surface area contributed by atoms with Crippen LogP contribution in [0.25, 0.3) is 0 Å². The van der Waals surface area contributed by atoms with Crippen LogP contribution in [0.4, 0.5) is 0 Å². The first-order chi connectivity index (χ1) is 35.0. The molecule has 0 aliphatic rings. The van der Waals surface area contributed by atoms with Gasteiger partial charge in [0.2, 0.25) is 0 Å². The summed E-state index contributed by atoms with van der Waals surface area (Å²) in [5, 5.41) is 0. The van der Waals surface area contributed by atoms with Gasteiger partial charge in [-0.25, -0.2) is 0 Å². The van der Waals surface area contributed by atoms with Crippen LogP contribution in [-0.4, -0.2) is 37.2 Å². The van der Waals surface area contributed by atoms with Crippen molar-refractivity contribution in [2.45, 2.75) is 348 Å². The molecule has 0 spiro atoms. The smallest absolute Gasteiger partial charge is 0.306 e. The van der Waals surface area contributed by atoms with Crippen molar-refractivity contribution in [3.63, 3.8) is 0 Å². The number of rotatable bonds is 58. The average molecular weight is 998 g/mol. The maximum absolute atomic E-state index is 12.9. The van der Waals surface area contributed by atoms with Crippen molar-refractivity contribution < 1.29 is 28.6 Å². The zero-order valence-electron chi connectivity index (χ0n) is 47.8. The molecule has 416 valence electrons. The minimum atomic E-state index is -0.776. The van der Waals surface area contributed by atoms with E-state index in [0.717, 1.165) is 77.0 Å². The van der Waals surface area contributed by atoms with Gasteiger partial charge in [0.1, 0.15) is 13.2 Å². The number of carbonyl (C=O) groups is 3. The highest BCUT2D eigenvalue weighted by molar-refractivity contribution is 5.71. The SMILES string of the molecule is CCCCC/C=C\C/C=C\CCCCCCCC(=O)OCC(COC(=O)CCCCCCCCCCC/C=C\CCCCCCCC)OC(=O)CCCCCCCCCCCCCCCCCCCCC. The standard InChI is InChI=1S/C65H120O6/c1-4-7-10-13-16-19-22-25-28-30-32-34-37-40-43-46-49-52-55-58-64(67)70-61-62(60-69-63(66)57-54-51-48-45-42-39-36-27-24-21-18-15-12-9-6-3)71-65(68)59-56-53-50-47-44-41-38-35-33-31-29-26-23-20-17-14-11-8-5-2/h18,21,25,27-28,36,62H,4-17,19-20,22-24,26,29-35,37-61H2,1-3H3/b21-18-,28-25-,36-27-. The monoisotopic (exact) mass is 997 g/mol. The van der Waals surface area contributed by atoms with E-state index in [1.54, 1.807) is 0 Å². The Morgan fingerprint density at radius 1 is 0.282 bits per heavy atom. The molecule has 0 N–H and O–H groups in total. The average Bonchev–Trinajstić information content (AvgIpc) is 3.37. The summed E-state index contributed by atoms with van der Waals surface area (Å²) in [6.07, 6.45) is 72.8. The lowest BCUT2D eigenvalue weighted by molar-refractivity contribution is -0.167. The van der Waals surface area contributed by atoms with Crippen LogP contribution in [0.2, 0.25) is 0 Å². The van der Waals surface area contributed by atoms with Crippen molar-refractivity contribution in [3.05, 3.63) is 36.5 Å². The lowest BCUT2D eigenvalue weighted by Gasteiger charge is -2.18. The number of hydrogen-bond acceptors (Lipinski definition) is 6. The van der Waals surface area contributed by atoms with E-state index < -0.39 is 6.10 Å². The molecule has 0 saturated heterocycles. The van der Waals surface area contributed by atoms with Gasteiger partial charge in [-0.05, 0) is 77.0 Å². The fourth-order valence-electron chi connectivity index (χ4n) is 9.35. The molecule has 0 saturated carbocycles. The van der Waals surface area contributed by atoms with E-state index in [2.05, 4.69) is 57.2 Å². The highest BCUT2D eigenvalue weighted by Gasteiger charge is 2.19. The van der Waals surface area contributed by atoms with E-state index in [1.165, 1.54) is 225 Å². The number of carbonyl (C=O) groups excluding carboxylic acids is 3. The Morgan fingerprint density at radius 3 is 0.817 bits per heavy atom. The molecule has 0 rings (SSSR count). The van der Waals surface area contributed by atoms with Crippen LogP contribution in [0.1, 0.15) is 342 Å². The highest BCUT2D eigenvalue weighted by atomic mass is 16.6. The normalized spacial score (nSPS) is 12.2. The lowest BCUT2D eigenvalue weighted by atomic mass is 10.0. The van der Waals surface area contributed by atoms with E-state index in [4.69, 9.17) is 14.2 Å². The maximum Gasteiger partial charge on any atom is 0.306 e. The minimum Gasteiger partial charge on any atom is -0.462 e. The third-order valence-electron chi connectivity index (χ3n) is 14.1. The molecule has 6 heteroatoms. The molecule has 1 unspecified atom stereocenters. The molecule has 71 heavy (non-hydrogen) atoms. The van der Waals surface area contributed by atoms with E-state index >= 15 is 0 Å². The van der Waals surface area contributed by atoms with Crippen LogP contribution in [0.15, 0.2) is 36.5 Å². The minimum absolute atomic E-state index is 0.0738. The Kier molecular flexibility index (Phi) is 58.2. The molecule has 0 heterocycles. The Morgan fingerprint density at radius 2 is 0.507 bits per heavy atom. The first kappa shape index (κ1) is 68.6. The molecular formula is C65H120O6. The summed E-state index contributed by atoms with van der Waals surface area (Å²) in [5.74, 6) is -0.867. The van der Waals surface area contributed by atoms with E-state index in [0.29, 0.717) is 19.3 Å². The second kappa shape index (κ2) is 60.2. The molecule has 0 radical (unpaired) electrons. The van der Waals surface area contributed by atoms with Crippen molar-refractivity contribution in [2.75, 3.05) is 13.2 Å². The van der Waals surface area contributed by atoms with Gasteiger partial charge >= 0.3 is 17.9 Å². The Labute approximate surface area is 442 Å². The van der Waals surface area contributed by atoms with Gasteiger partial charge in [-0.1, -0.05) is 282 Å². The van der Waals surface area contributed by atoms with Gasteiger partial charge < -0.3 is 14.2 Å². The van der Waals surface area contributed by atoms with Crippen molar-refractivity contribution in [2.24, 2.45) is 0 Å². The van der Waals surface area contributed by atoms with Gasteiger partial charge in [0.15, 0.2) is 6.10 Å². The summed E-state index contributed by atoms with van der Waals surface area (Å²) in [6, 6.07) is 0. The second-order valence-corrected chi connectivity index (χ2v) is 21.3. The topological polar surface area (TPSA) is 78.9 Å². The molecule has 0 aliphatic carbocycles. The fourth-order valence-corrected chi connectivity index (χ4v) is 9.35. The van der Waals surface area contributed by atoms with E-state index in [1.807, 2.05) is 0 Å². The van der Waals surface area contributed by atoms with Crippen LogP contribution in [0.3, 0.4) is 0 Å². The summed E-state index contributed by atoms with van der Waals surface area (Å²) in [7, 11) is 0. The Bertz CT molecular complexity index is 1190.